The van der Waals surface area contributed by atoms with Crippen LogP contribution < -0.4 is 10.2 Å². The SMILES string of the molecule is C[C@@H]1C[C@@H](NC(=O)CC2CN(C)C2)CN(c2ccc(C(F)(F)F)c3ncccc23)C1. The molecule has 2 aliphatic heterocycles. The van der Waals surface area contributed by atoms with E-state index in [1.54, 1.807) is 12.1 Å². The third-order valence-electron chi connectivity index (χ3n) is 6.03. The van der Waals surface area contributed by atoms with E-state index in [-0.39, 0.29) is 17.5 Å². The van der Waals surface area contributed by atoms with Gasteiger partial charge >= 0.3 is 6.18 Å². The normalized spacial score (nSPS) is 23.4. The van der Waals surface area contributed by atoms with Crippen LogP contribution in [0.25, 0.3) is 10.9 Å². The zero-order chi connectivity index (χ0) is 21.5. The fourth-order valence-corrected chi connectivity index (χ4v) is 4.82. The number of halogens is 3. The molecule has 0 spiro atoms. The second-order valence-electron chi connectivity index (χ2n) is 8.83. The molecule has 2 fully saturated rings. The lowest BCUT2D eigenvalue weighted by molar-refractivity contribution is -0.136. The predicted molar refractivity (Wildman–Crippen MR) is 110 cm³/mol. The molecule has 0 aliphatic carbocycles. The van der Waals surface area contributed by atoms with Crippen molar-refractivity contribution in [3.63, 3.8) is 0 Å². The van der Waals surface area contributed by atoms with E-state index in [4.69, 9.17) is 0 Å². The number of alkyl halides is 3. The Bertz CT molecular complexity index is 926. The number of nitrogens with zero attached hydrogens (tertiary/aromatic N) is 3. The molecule has 0 saturated carbocycles. The van der Waals surface area contributed by atoms with E-state index in [0.29, 0.717) is 30.2 Å². The molecule has 2 aliphatic rings. The number of hydrogen-bond acceptors (Lipinski definition) is 4. The zero-order valence-corrected chi connectivity index (χ0v) is 17.2. The lowest BCUT2D eigenvalue weighted by Crippen LogP contribution is -2.52. The number of benzene rings is 1. The molecular weight excluding hydrogens is 393 g/mol. The van der Waals surface area contributed by atoms with Gasteiger partial charge in [0.2, 0.25) is 5.91 Å². The van der Waals surface area contributed by atoms with Crippen LogP contribution in [-0.2, 0) is 11.0 Å². The lowest BCUT2D eigenvalue weighted by Gasteiger charge is -2.40. The van der Waals surface area contributed by atoms with Crippen LogP contribution in [0.2, 0.25) is 0 Å². The molecule has 0 unspecified atom stereocenters. The smallest absolute Gasteiger partial charge is 0.369 e. The molecule has 30 heavy (non-hydrogen) atoms. The molecule has 2 aromatic rings. The number of rotatable bonds is 4. The van der Waals surface area contributed by atoms with Gasteiger partial charge < -0.3 is 15.1 Å². The van der Waals surface area contributed by atoms with Crippen LogP contribution >= 0.6 is 0 Å². The summed E-state index contributed by atoms with van der Waals surface area (Å²) in [6.07, 6.45) is -1.67. The van der Waals surface area contributed by atoms with Gasteiger partial charge in [-0.25, -0.2) is 0 Å². The van der Waals surface area contributed by atoms with Gasteiger partial charge in [-0.3, -0.25) is 9.78 Å². The van der Waals surface area contributed by atoms with Crippen LogP contribution in [0.3, 0.4) is 0 Å². The minimum absolute atomic E-state index is 0.0203. The summed E-state index contributed by atoms with van der Waals surface area (Å²) >= 11 is 0. The summed E-state index contributed by atoms with van der Waals surface area (Å²) < 4.78 is 40.3. The standard InChI is InChI=1S/C22H27F3N4O/c1-14-8-16(27-20(30)9-15-11-28(2)12-15)13-29(10-14)19-6-5-18(22(23,24)25)21-17(19)4-3-7-26-21/h3-7,14-16H,8-13H2,1-2H3,(H,27,30)/t14-,16-/m1/s1. The highest BCUT2D eigenvalue weighted by atomic mass is 19.4. The number of pyridine rings is 1. The third-order valence-corrected chi connectivity index (χ3v) is 6.03. The van der Waals surface area contributed by atoms with Gasteiger partial charge in [0.15, 0.2) is 0 Å². The molecule has 0 bridgehead atoms. The molecule has 3 heterocycles. The maximum absolute atomic E-state index is 13.4. The molecule has 1 aromatic carbocycles. The average Bonchev–Trinajstić information content (AvgIpc) is 2.64. The number of nitrogens with one attached hydrogen (secondary N) is 1. The minimum Gasteiger partial charge on any atom is -0.369 e. The fourth-order valence-electron chi connectivity index (χ4n) is 4.82. The van der Waals surface area contributed by atoms with E-state index in [9.17, 15) is 18.0 Å². The molecule has 1 N–H and O–H groups in total. The summed E-state index contributed by atoms with van der Waals surface area (Å²) in [5.41, 5.74) is -0.0184. The number of amides is 1. The van der Waals surface area contributed by atoms with Crippen molar-refractivity contribution in [2.24, 2.45) is 11.8 Å². The first-order valence-corrected chi connectivity index (χ1v) is 10.4. The van der Waals surface area contributed by atoms with Crippen LogP contribution in [0, 0.1) is 11.8 Å². The number of hydrogen-bond donors (Lipinski definition) is 1. The molecule has 162 valence electrons. The first-order chi connectivity index (χ1) is 14.2. The number of anilines is 1. The predicted octanol–water partition coefficient (Wildman–Crippen LogP) is 3.54. The molecule has 2 saturated heterocycles. The highest BCUT2D eigenvalue weighted by molar-refractivity contribution is 5.94. The van der Waals surface area contributed by atoms with Gasteiger partial charge in [-0.1, -0.05) is 6.92 Å². The molecule has 8 heteroatoms. The first-order valence-electron chi connectivity index (χ1n) is 10.4. The van der Waals surface area contributed by atoms with E-state index < -0.39 is 11.7 Å². The van der Waals surface area contributed by atoms with Crippen LogP contribution in [0.4, 0.5) is 18.9 Å². The van der Waals surface area contributed by atoms with Gasteiger partial charge in [-0.15, -0.1) is 0 Å². The molecule has 0 radical (unpaired) electrons. The Morgan fingerprint density at radius 1 is 1.20 bits per heavy atom. The van der Waals surface area contributed by atoms with Crippen molar-refractivity contribution in [1.82, 2.24) is 15.2 Å². The summed E-state index contributed by atoms with van der Waals surface area (Å²) in [6, 6.07) is 5.98. The Labute approximate surface area is 174 Å². The Morgan fingerprint density at radius 2 is 1.97 bits per heavy atom. The summed E-state index contributed by atoms with van der Waals surface area (Å²) in [6.45, 7) is 5.32. The molecule has 2 atom stereocenters. The van der Waals surface area contributed by atoms with Gasteiger partial charge in [0.25, 0.3) is 0 Å². The summed E-state index contributed by atoms with van der Waals surface area (Å²) in [4.78, 5) is 20.7. The summed E-state index contributed by atoms with van der Waals surface area (Å²) in [5.74, 6) is 0.788. The van der Waals surface area contributed by atoms with Crippen molar-refractivity contribution >= 4 is 22.5 Å². The van der Waals surface area contributed by atoms with Gasteiger partial charge in [-0.05, 0) is 49.6 Å². The van der Waals surface area contributed by atoms with Crippen molar-refractivity contribution in [3.8, 4) is 0 Å². The Balaban J connectivity index is 1.53. The van der Waals surface area contributed by atoms with E-state index in [2.05, 4.69) is 27.0 Å². The Hall–Kier alpha value is -2.35. The number of fused-ring (bicyclic) bond motifs is 1. The zero-order valence-electron chi connectivity index (χ0n) is 17.2. The average molecular weight is 420 g/mol. The molecular formula is C22H27F3N4O. The molecule has 4 rings (SSSR count). The van der Waals surface area contributed by atoms with Crippen LogP contribution in [0.5, 0.6) is 0 Å². The van der Waals surface area contributed by atoms with Gasteiger partial charge in [0, 0.05) is 55.9 Å². The summed E-state index contributed by atoms with van der Waals surface area (Å²) in [5, 5.41) is 3.64. The quantitative estimate of drug-likeness (QED) is 0.822. The van der Waals surface area contributed by atoms with Gasteiger partial charge in [0.1, 0.15) is 0 Å². The molecule has 5 nitrogen and oxygen atoms in total. The highest BCUT2D eigenvalue weighted by Crippen LogP contribution is 2.38. The number of carbonyl (C=O) groups excluding carboxylic acids is 1. The Kier molecular flexibility index (Phi) is 5.61. The number of piperidine rings is 1. The fraction of sp³-hybridized carbons (Fsp3) is 0.545. The molecule has 1 aromatic heterocycles. The summed E-state index contributed by atoms with van der Waals surface area (Å²) in [7, 11) is 2.04. The maximum atomic E-state index is 13.4. The van der Waals surface area contributed by atoms with E-state index >= 15 is 0 Å². The van der Waals surface area contributed by atoms with E-state index in [1.807, 2.05) is 7.05 Å². The van der Waals surface area contributed by atoms with Crippen molar-refractivity contribution < 1.29 is 18.0 Å². The van der Waals surface area contributed by atoms with Crippen molar-refractivity contribution in [3.05, 3.63) is 36.0 Å². The van der Waals surface area contributed by atoms with Gasteiger partial charge in [0.05, 0.1) is 11.1 Å². The monoisotopic (exact) mass is 420 g/mol. The van der Waals surface area contributed by atoms with E-state index in [1.165, 1.54) is 12.3 Å². The number of aromatic nitrogens is 1. The second kappa shape index (κ2) is 8.06. The van der Waals surface area contributed by atoms with Crippen molar-refractivity contribution in [2.75, 3.05) is 38.1 Å². The second-order valence-corrected chi connectivity index (χ2v) is 8.83. The van der Waals surface area contributed by atoms with Crippen LogP contribution in [0.1, 0.15) is 25.3 Å². The van der Waals surface area contributed by atoms with Crippen molar-refractivity contribution in [2.45, 2.75) is 32.0 Å². The first kappa shape index (κ1) is 20.9. The maximum Gasteiger partial charge on any atom is 0.418 e. The molecule has 1 amide bonds. The largest absolute Gasteiger partial charge is 0.418 e. The topological polar surface area (TPSA) is 48.5 Å². The lowest BCUT2D eigenvalue weighted by atomic mass is 9.93. The van der Waals surface area contributed by atoms with Crippen LogP contribution in [0.15, 0.2) is 30.5 Å². The van der Waals surface area contributed by atoms with E-state index in [0.717, 1.165) is 37.8 Å². The third kappa shape index (κ3) is 4.38. The number of likely N-dealkylation sites (tertiary alicyclic amines) is 1. The van der Waals surface area contributed by atoms with Crippen molar-refractivity contribution in [1.29, 1.82) is 0 Å². The number of carbonyl (C=O) groups is 1. The minimum atomic E-state index is -4.45. The highest BCUT2D eigenvalue weighted by Gasteiger charge is 2.35. The Morgan fingerprint density at radius 3 is 2.67 bits per heavy atom. The van der Waals surface area contributed by atoms with Crippen LogP contribution in [-0.4, -0.2) is 55.1 Å². The van der Waals surface area contributed by atoms with Gasteiger partial charge in [-0.2, -0.15) is 13.2 Å².